The lowest BCUT2D eigenvalue weighted by Gasteiger charge is -2.31. The van der Waals surface area contributed by atoms with E-state index in [1.54, 1.807) is 0 Å². The zero-order chi connectivity index (χ0) is 13.1. The molecule has 1 aromatic rings. The van der Waals surface area contributed by atoms with Crippen LogP contribution in [0.5, 0.6) is 0 Å². The third kappa shape index (κ3) is 2.98. The van der Waals surface area contributed by atoms with Crippen molar-refractivity contribution in [2.24, 2.45) is 0 Å². The molecule has 3 atom stereocenters. The van der Waals surface area contributed by atoms with Crippen LogP contribution in [0.3, 0.4) is 0 Å². The molecule has 0 spiro atoms. The first-order chi connectivity index (χ1) is 9.34. The van der Waals surface area contributed by atoms with Crippen molar-refractivity contribution < 1.29 is 9.13 Å². The van der Waals surface area contributed by atoms with E-state index in [2.05, 4.69) is 23.5 Å². The quantitative estimate of drug-likeness (QED) is 0.904. The number of hydrogen-bond acceptors (Lipinski definition) is 2. The van der Waals surface area contributed by atoms with E-state index in [1.807, 2.05) is 6.07 Å². The molecule has 3 rings (SSSR count). The highest BCUT2D eigenvalue weighted by molar-refractivity contribution is 5.31. The van der Waals surface area contributed by atoms with Crippen molar-refractivity contribution >= 4 is 0 Å². The normalized spacial score (nSPS) is 28.7. The summed E-state index contributed by atoms with van der Waals surface area (Å²) in [7, 11) is 0. The second-order valence-corrected chi connectivity index (χ2v) is 5.62. The lowest BCUT2D eigenvalue weighted by atomic mass is 9.91. The lowest BCUT2D eigenvalue weighted by molar-refractivity contribution is 0.0132. The molecule has 0 aromatic heterocycles. The summed E-state index contributed by atoms with van der Waals surface area (Å²) in [5, 5.41) is 3.30. The Labute approximate surface area is 114 Å². The Kier molecular flexibility index (Phi) is 4.14. The van der Waals surface area contributed by atoms with Crippen molar-refractivity contribution in [2.75, 3.05) is 13.2 Å². The molecule has 104 valence electrons. The van der Waals surface area contributed by atoms with Crippen LogP contribution in [0.4, 0.5) is 4.39 Å². The summed E-state index contributed by atoms with van der Waals surface area (Å²) < 4.78 is 20.2. The van der Waals surface area contributed by atoms with Crippen LogP contribution in [0, 0.1) is 0 Å². The fraction of sp³-hybridized carbons (Fsp3) is 0.625. The Balaban J connectivity index is 1.66. The minimum atomic E-state index is -0.809. The van der Waals surface area contributed by atoms with E-state index >= 15 is 0 Å². The molecule has 3 unspecified atom stereocenters. The van der Waals surface area contributed by atoms with Crippen LogP contribution in [0.2, 0.25) is 0 Å². The molecule has 2 nitrogen and oxygen atoms in total. The zero-order valence-electron chi connectivity index (χ0n) is 11.3. The van der Waals surface area contributed by atoms with Gasteiger partial charge in [-0.1, -0.05) is 30.7 Å². The molecule has 1 aromatic carbocycles. The fourth-order valence-corrected chi connectivity index (χ4v) is 3.23. The maximum Gasteiger partial charge on any atom is 0.118 e. The van der Waals surface area contributed by atoms with Gasteiger partial charge in [-0.2, -0.15) is 0 Å². The van der Waals surface area contributed by atoms with Crippen molar-refractivity contribution in [3.05, 3.63) is 35.4 Å². The van der Waals surface area contributed by atoms with Crippen LogP contribution in [-0.4, -0.2) is 25.4 Å². The SMILES string of the molecule is FC(CC1OCCc2ccccc21)C1CCCCN1. The monoisotopic (exact) mass is 263 g/mol. The van der Waals surface area contributed by atoms with Gasteiger partial charge in [0, 0.05) is 12.5 Å². The van der Waals surface area contributed by atoms with Gasteiger partial charge in [0.1, 0.15) is 6.17 Å². The first-order valence-electron chi connectivity index (χ1n) is 7.41. The van der Waals surface area contributed by atoms with Gasteiger partial charge in [0.05, 0.1) is 12.7 Å². The molecule has 0 amide bonds. The number of fused-ring (bicyclic) bond motifs is 1. The Morgan fingerprint density at radius 1 is 1.32 bits per heavy atom. The molecule has 1 saturated heterocycles. The van der Waals surface area contributed by atoms with E-state index in [0.29, 0.717) is 13.0 Å². The topological polar surface area (TPSA) is 21.3 Å². The number of benzene rings is 1. The van der Waals surface area contributed by atoms with Crippen molar-refractivity contribution in [3.8, 4) is 0 Å². The average Bonchev–Trinajstić information content (AvgIpc) is 2.48. The molecule has 2 aliphatic heterocycles. The number of piperidine rings is 1. The van der Waals surface area contributed by atoms with Gasteiger partial charge < -0.3 is 10.1 Å². The maximum atomic E-state index is 14.4. The van der Waals surface area contributed by atoms with Crippen molar-refractivity contribution in [2.45, 2.75) is 50.4 Å². The summed E-state index contributed by atoms with van der Waals surface area (Å²) in [6, 6.07) is 8.31. The van der Waals surface area contributed by atoms with E-state index in [4.69, 9.17) is 4.74 Å². The summed E-state index contributed by atoms with van der Waals surface area (Å²) in [5.41, 5.74) is 2.51. The van der Waals surface area contributed by atoms with Crippen LogP contribution >= 0.6 is 0 Å². The summed E-state index contributed by atoms with van der Waals surface area (Å²) in [5.74, 6) is 0. The predicted molar refractivity (Wildman–Crippen MR) is 74.0 cm³/mol. The van der Waals surface area contributed by atoms with E-state index in [0.717, 1.165) is 25.8 Å². The highest BCUT2D eigenvalue weighted by Gasteiger charge is 2.29. The van der Waals surface area contributed by atoms with Crippen LogP contribution in [0.15, 0.2) is 24.3 Å². The van der Waals surface area contributed by atoms with Crippen molar-refractivity contribution in [3.63, 3.8) is 0 Å². The Bertz CT molecular complexity index is 417. The molecular weight excluding hydrogens is 241 g/mol. The van der Waals surface area contributed by atoms with Gasteiger partial charge in [0.25, 0.3) is 0 Å². The fourth-order valence-electron chi connectivity index (χ4n) is 3.23. The third-order valence-electron chi connectivity index (χ3n) is 4.32. The lowest BCUT2D eigenvalue weighted by Crippen LogP contribution is -2.42. The van der Waals surface area contributed by atoms with Crippen LogP contribution < -0.4 is 5.32 Å². The molecule has 0 bridgehead atoms. The smallest absolute Gasteiger partial charge is 0.118 e. The average molecular weight is 263 g/mol. The summed E-state index contributed by atoms with van der Waals surface area (Å²) in [4.78, 5) is 0. The number of hydrogen-bond donors (Lipinski definition) is 1. The van der Waals surface area contributed by atoms with Gasteiger partial charge in [-0.25, -0.2) is 4.39 Å². The molecule has 19 heavy (non-hydrogen) atoms. The number of rotatable bonds is 3. The molecule has 0 radical (unpaired) electrons. The molecule has 2 aliphatic rings. The number of alkyl halides is 1. The highest BCUT2D eigenvalue weighted by Crippen LogP contribution is 2.32. The predicted octanol–water partition coefficient (Wildman–Crippen LogP) is 3.17. The first-order valence-corrected chi connectivity index (χ1v) is 7.41. The second kappa shape index (κ2) is 6.02. The van der Waals surface area contributed by atoms with Gasteiger partial charge in [-0.15, -0.1) is 0 Å². The Morgan fingerprint density at radius 3 is 3.05 bits per heavy atom. The van der Waals surface area contributed by atoms with E-state index in [-0.39, 0.29) is 12.1 Å². The summed E-state index contributed by atoms with van der Waals surface area (Å²) in [6.07, 6.45) is 3.82. The second-order valence-electron chi connectivity index (χ2n) is 5.62. The molecule has 0 aliphatic carbocycles. The highest BCUT2D eigenvalue weighted by atomic mass is 19.1. The van der Waals surface area contributed by atoms with Crippen molar-refractivity contribution in [1.82, 2.24) is 5.32 Å². The zero-order valence-corrected chi connectivity index (χ0v) is 11.3. The van der Waals surface area contributed by atoms with Gasteiger partial charge in [0.15, 0.2) is 0 Å². The van der Waals surface area contributed by atoms with Gasteiger partial charge in [0.2, 0.25) is 0 Å². The Morgan fingerprint density at radius 2 is 2.21 bits per heavy atom. The summed E-state index contributed by atoms with van der Waals surface area (Å²) >= 11 is 0. The molecular formula is C16H22FNO. The molecule has 0 saturated carbocycles. The number of nitrogens with one attached hydrogen (secondary N) is 1. The summed E-state index contributed by atoms with van der Waals surface area (Å²) in [6.45, 7) is 1.67. The molecule has 3 heteroatoms. The first kappa shape index (κ1) is 13.1. The van der Waals surface area contributed by atoms with Crippen molar-refractivity contribution in [1.29, 1.82) is 0 Å². The van der Waals surface area contributed by atoms with Gasteiger partial charge >= 0.3 is 0 Å². The number of ether oxygens (including phenoxy) is 1. The van der Waals surface area contributed by atoms with Gasteiger partial charge in [-0.05, 0) is 36.9 Å². The van der Waals surface area contributed by atoms with E-state index < -0.39 is 6.17 Å². The molecule has 1 fully saturated rings. The molecule has 1 N–H and O–H groups in total. The van der Waals surface area contributed by atoms with Crippen LogP contribution in [-0.2, 0) is 11.2 Å². The third-order valence-corrected chi connectivity index (χ3v) is 4.32. The van der Waals surface area contributed by atoms with E-state index in [1.165, 1.54) is 17.5 Å². The number of halogens is 1. The standard InChI is InChI=1S/C16H22FNO/c17-14(15-7-3-4-9-18-15)11-16-13-6-2-1-5-12(13)8-10-19-16/h1-2,5-6,14-16,18H,3-4,7-11H2. The van der Waals surface area contributed by atoms with E-state index in [9.17, 15) is 4.39 Å². The minimum Gasteiger partial charge on any atom is -0.373 e. The van der Waals surface area contributed by atoms with Crippen LogP contribution in [0.1, 0.15) is 42.9 Å². The largest absolute Gasteiger partial charge is 0.373 e. The van der Waals surface area contributed by atoms with Gasteiger partial charge in [-0.3, -0.25) is 0 Å². The van der Waals surface area contributed by atoms with Crippen LogP contribution in [0.25, 0.3) is 0 Å². The Hall–Kier alpha value is -0.930. The minimum absolute atomic E-state index is 0.0199. The maximum absolute atomic E-state index is 14.4. The molecule has 2 heterocycles.